The summed E-state index contributed by atoms with van der Waals surface area (Å²) in [5.74, 6) is -0.156. The highest BCUT2D eigenvalue weighted by molar-refractivity contribution is 5.92. The van der Waals surface area contributed by atoms with Crippen molar-refractivity contribution >= 4 is 5.91 Å². The number of carbonyl (C=O) groups excluding carboxylic acids is 1. The third-order valence-electron chi connectivity index (χ3n) is 1.69. The Morgan fingerprint density at radius 1 is 1.73 bits per heavy atom. The van der Waals surface area contributed by atoms with Crippen molar-refractivity contribution < 1.29 is 14.3 Å². The molecule has 1 amide bonds. The minimum Gasteiger partial charge on any atom is -0.446 e. The Bertz CT molecular complexity index is 335. The molecule has 0 saturated carbocycles. The molecule has 84 valence electrons. The lowest BCUT2D eigenvalue weighted by molar-refractivity contribution is 0.0938. The predicted octanol–water partition coefficient (Wildman–Crippen LogP) is -0.195. The van der Waals surface area contributed by atoms with E-state index in [-0.39, 0.29) is 30.1 Å². The second kappa shape index (κ2) is 4.90. The van der Waals surface area contributed by atoms with E-state index in [1.807, 2.05) is 13.8 Å². The molecule has 0 saturated heterocycles. The zero-order valence-corrected chi connectivity index (χ0v) is 8.73. The van der Waals surface area contributed by atoms with Crippen molar-refractivity contribution in [3.8, 4) is 0 Å². The number of nitrogens with one attached hydrogen (secondary N) is 1. The molecule has 1 aromatic rings. The molecular weight excluding hydrogens is 198 g/mol. The summed E-state index contributed by atoms with van der Waals surface area (Å²) in [6, 6.07) is -0.658. The van der Waals surface area contributed by atoms with Crippen molar-refractivity contribution in [2.24, 2.45) is 5.73 Å². The fourth-order valence-corrected chi connectivity index (χ4v) is 0.976. The Labute approximate surface area is 87.5 Å². The van der Waals surface area contributed by atoms with Gasteiger partial charge in [-0.1, -0.05) is 0 Å². The molecule has 6 heteroatoms. The van der Waals surface area contributed by atoms with Gasteiger partial charge in [0.15, 0.2) is 5.69 Å². The summed E-state index contributed by atoms with van der Waals surface area (Å²) in [6.07, 6.45) is 1.22. The van der Waals surface area contributed by atoms with Crippen LogP contribution in [0.3, 0.4) is 0 Å². The SMILES string of the molecule is CC(C)NC(=O)c1coc(C(N)CO)n1. The number of nitrogens with zero attached hydrogens (tertiary/aromatic N) is 1. The van der Waals surface area contributed by atoms with Gasteiger partial charge in [-0.2, -0.15) is 0 Å². The lowest BCUT2D eigenvalue weighted by atomic mass is 10.3. The molecule has 0 bridgehead atoms. The van der Waals surface area contributed by atoms with Gasteiger partial charge < -0.3 is 20.6 Å². The number of amides is 1. The van der Waals surface area contributed by atoms with E-state index in [1.165, 1.54) is 6.26 Å². The minimum absolute atomic E-state index is 0.0316. The second-order valence-corrected chi connectivity index (χ2v) is 3.49. The number of carbonyl (C=O) groups is 1. The van der Waals surface area contributed by atoms with Crippen LogP contribution in [0.25, 0.3) is 0 Å². The summed E-state index contributed by atoms with van der Waals surface area (Å²) < 4.78 is 4.96. The van der Waals surface area contributed by atoms with Gasteiger partial charge >= 0.3 is 0 Å². The van der Waals surface area contributed by atoms with E-state index >= 15 is 0 Å². The number of nitrogens with two attached hydrogens (primary N) is 1. The molecule has 6 nitrogen and oxygen atoms in total. The lowest BCUT2D eigenvalue weighted by Gasteiger charge is -2.05. The van der Waals surface area contributed by atoms with E-state index in [9.17, 15) is 4.79 Å². The molecule has 0 aliphatic heterocycles. The first-order valence-electron chi connectivity index (χ1n) is 4.67. The van der Waals surface area contributed by atoms with Crippen LogP contribution in [0.5, 0.6) is 0 Å². The number of aromatic nitrogens is 1. The standard InChI is InChI=1S/C9H15N3O3/c1-5(2)11-8(14)7-4-15-9(12-7)6(10)3-13/h4-6,13H,3,10H2,1-2H3,(H,11,14). The second-order valence-electron chi connectivity index (χ2n) is 3.49. The Balaban J connectivity index is 2.71. The lowest BCUT2D eigenvalue weighted by Crippen LogP contribution is -2.30. The van der Waals surface area contributed by atoms with Gasteiger partial charge in [0.1, 0.15) is 12.3 Å². The van der Waals surface area contributed by atoms with Crippen molar-refractivity contribution in [3.05, 3.63) is 17.8 Å². The maximum absolute atomic E-state index is 11.4. The van der Waals surface area contributed by atoms with Gasteiger partial charge in [-0.25, -0.2) is 4.98 Å². The molecule has 15 heavy (non-hydrogen) atoms. The van der Waals surface area contributed by atoms with Crippen LogP contribution in [-0.2, 0) is 0 Å². The molecule has 0 aromatic carbocycles. The normalized spacial score (nSPS) is 12.9. The van der Waals surface area contributed by atoms with Gasteiger partial charge in [0.25, 0.3) is 5.91 Å². The van der Waals surface area contributed by atoms with Gasteiger partial charge in [-0.15, -0.1) is 0 Å². The summed E-state index contributed by atoms with van der Waals surface area (Å²) in [7, 11) is 0. The molecule has 1 heterocycles. The summed E-state index contributed by atoms with van der Waals surface area (Å²) >= 11 is 0. The van der Waals surface area contributed by atoms with Gasteiger partial charge in [0, 0.05) is 6.04 Å². The highest BCUT2D eigenvalue weighted by atomic mass is 16.3. The van der Waals surface area contributed by atoms with Crippen LogP contribution in [0.1, 0.15) is 36.3 Å². The van der Waals surface area contributed by atoms with Crippen molar-refractivity contribution in [1.82, 2.24) is 10.3 Å². The van der Waals surface area contributed by atoms with Gasteiger partial charge in [0.05, 0.1) is 6.61 Å². The smallest absolute Gasteiger partial charge is 0.273 e. The van der Waals surface area contributed by atoms with Crippen LogP contribution < -0.4 is 11.1 Å². The van der Waals surface area contributed by atoms with Crippen molar-refractivity contribution in [1.29, 1.82) is 0 Å². The van der Waals surface area contributed by atoms with Crippen LogP contribution in [-0.4, -0.2) is 28.6 Å². The average Bonchev–Trinajstić information content (AvgIpc) is 2.64. The Kier molecular flexibility index (Phi) is 3.81. The molecule has 1 aromatic heterocycles. The number of aliphatic hydroxyl groups is 1. The quantitative estimate of drug-likeness (QED) is 0.643. The summed E-state index contributed by atoms with van der Waals surface area (Å²) in [6.45, 7) is 3.42. The summed E-state index contributed by atoms with van der Waals surface area (Å²) in [5, 5.41) is 11.4. The van der Waals surface area contributed by atoms with Crippen molar-refractivity contribution in [3.63, 3.8) is 0 Å². The highest BCUT2D eigenvalue weighted by Crippen LogP contribution is 2.09. The Hall–Kier alpha value is -1.40. The largest absolute Gasteiger partial charge is 0.446 e. The predicted molar refractivity (Wildman–Crippen MR) is 53.1 cm³/mol. The van der Waals surface area contributed by atoms with E-state index in [4.69, 9.17) is 15.3 Å². The fraction of sp³-hybridized carbons (Fsp3) is 0.556. The molecular formula is C9H15N3O3. The fourth-order valence-electron chi connectivity index (χ4n) is 0.976. The van der Waals surface area contributed by atoms with Crippen LogP contribution in [0.15, 0.2) is 10.7 Å². The molecule has 0 radical (unpaired) electrons. The number of hydrogen-bond donors (Lipinski definition) is 3. The Morgan fingerprint density at radius 3 is 2.93 bits per heavy atom. The third-order valence-corrected chi connectivity index (χ3v) is 1.69. The molecule has 0 aliphatic rings. The van der Waals surface area contributed by atoms with Gasteiger partial charge in [0.2, 0.25) is 5.89 Å². The molecule has 0 fully saturated rings. The van der Waals surface area contributed by atoms with E-state index in [1.54, 1.807) is 0 Å². The maximum atomic E-state index is 11.4. The molecule has 1 atom stereocenters. The topological polar surface area (TPSA) is 101 Å². The zero-order chi connectivity index (χ0) is 11.4. The molecule has 4 N–H and O–H groups in total. The van der Waals surface area contributed by atoms with E-state index in [2.05, 4.69) is 10.3 Å². The highest BCUT2D eigenvalue weighted by Gasteiger charge is 2.16. The van der Waals surface area contributed by atoms with Gasteiger partial charge in [-0.05, 0) is 13.8 Å². The van der Waals surface area contributed by atoms with Crippen LogP contribution in [0.2, 0.25) is 0 Å². The minimum atomic E-state index is -0.689. The first-order valence-corrected chi connectivity index (χ1v) is 4.67. The number of oxazole rings is 1. The monoisotopic (exact) mass is 213 g/mol. The van der Waals surface area contributed by atoms with Crippen LogP contribution >= 0.6 is 0 Å². The van der Waals surface area contributed by atoms with Crippen LogP contribution in [0, 0.1) is 0 Å². The zero-order valence-electron chi connectivity index (χ0n) is 8.73. The van der Waals surface area contributed by atoms with E-state index in [0.717, 1.165) is 0 Å². The maximum Gasteiger partial charge on any atom is 0.273 e. The molecule has 0 spiro atoms. The molecule has 1 rings (SSSR count). The van der Waals surface area contributed by atoms with Crippen LogP contribution in [0.4, 0.5) is 0 Å². The number of hydrogen-bond acceptors (Lipinski definition) is 5. The van der Waals surface area contributed by atoms with E-state index in [0.29, 0.717) is 0 Å². The van der Waals surface area contributed by atoms with Crippen molar-refractivity contribution in [2.75, 3.05) is 6.61 Å². The molecule has 1 unspecified atom stereocenters. The van der Waals surface area contributed by atoms with Gasteiger partial charge in [-0.3, -0.25) is 4.79 Å². The summed E-state index contributed by atoms with van der Waals surface area (Å²) in [5.41, 5.74) is 5.64. The first kappa shape index (κ1) is 11.7. The third kappa shape index (κ3) is 3.03. The Morgan fingerprint density at radius 2 is 2.40 bits per heavy atom. The number of rotatable bonds is 4. The number of aliphatic hydroxyl groups excluding tert-OH is 1. The van der Waals surface area contributed by atoms with Crippen molar-refractivity contribution in [2.45, 2.75) is 25.9 Å². The molecule has 0 aliphatic carbocycles. The van der Waals surface area contributed by atoms with E-state index < -0.39 is 6.04 Å². The summed E-state index contributed by atoms with van der Waals surface area (Å²) in [4.78, 5) is 15.3. The average molecular weight is 213 g/mol. The first-order chi connectivity index (χ1) is 7.04.